The molecule has 0 spiro atoms. The second kappa shape index (κ2) is 5.59. The maximum absolute atomic E-state index is 4.56. The molecule has 2 aromatic rings. The Morgan fingerprint density at radius 2 is 1.81 bits per heavy atom. The van der Waals surface area contributed by atoms with Gasteiger partial charge >= 0.3 is 0 Å². The molecule has 16 heavy (non-hydrogen) atoms. The van der Waals surface area contributed by atoms with E-state index in [1.165, 1.54) is 5.56 Å². The smallest absolute Gasteiger partial charge is 0.131 e. The number of aryl methyl sites for hydroxylation is 1. The van der Waals surface area contributed by atoms with Crippen molar-refractivity contribution in [2.24, 2.45) is 0 Å². The van der Waals surface area contributed by atoms with E-state index in [1.54, 1.807) is 0 Å². The summed E-state index contributed by atoms with van der Waals surface area (Å²) in [7, 11) is 0. The Balaban J connectivity index is 0.000000606. The molecule has 2 heteroatoms. The first-order valence-corrected chi connectivity index (χ1v) is 5.91. The van der Waals surface area contributed by atoms with Gasteiger partial charge in [0.1, 0.15) is 5.82 Å². The number of para-hydroxylation sites is 1. The van der Waals surface area contributed by atoms with Crippen LogP contribution in [-0.4, -0.2) is 9.97 Å². The van der Waals surface area contributed by atoms with Gasteiger partial charge in [-0.05, 0) is 12.5 Å². The first-order valence-electron chi connectivity index (χ1n) is 5.91. The van der Waals surface area contributed by atoms with Crippen LogP contribution < -0.4 is 0 Å². The Bertz CT molecular complexity index is 461. The van der Waals surface area contributed by atoms with E-state index >= 15 is 0 Å². The van der Waals surface area contributed by atoms with Gasteiger partial charge in [0.2, 0.25) is 0 Å². The molecule has 86 valence electrons. The highest BCUT2D eigenvalue weighted by Gasteiger charge is 2.04. The largest absolute Gasteiger partial charge is 0.240 e. The molecule has 0 aliphatic heterocycles. The van der Waals surface area contributed by atoms with Crippen LogP contribution in [0.1, 0.15) is 45.0 Å². The Morgan fingerprint density at radius 1 is 1.12 bits per heavy atom. The average Bonchev–Trinajstić information content (AvgIpc) is 2.32. The monoisotopic (exact) mass is 216 g/mol. The minimum Gasteiger partial charge on any atom is -0.240 e. The van der Waals surface area contributed by atoms with E-state index in [0.29, 0.717) is 5.92 Å². The number of nitrogens with zero attached hydrogens (tertiary/aromatic N) is 2. The molecule has 0 bridgehead atoms. The average molecular weight is 216 g/mol. The third-order valence-electron chi connectivity index (χ3n) is 2.35. The van der Waals surface area contributed by atoms with Gasteiger partial charge in [0, 0.05) is 17.5 Å². The van der Waals surface area contributed by atoms with Gasteiger partial charge in [-0.2, -0.15) is 0 Å². The fourth-order valence-electron chi connectivity index (χ4n) is 1.50. The van der Waals surface area contributed by atoms with Crippen LogP contribution in [0.3, 0.4) is 0 Å². The minimum atomic E-state index is 0.388. The quantitative estimate of drug-likeness (QED) is 0.717. The van der Waals surface area contributed by atoms with Gasteiger partial charge in [-0.1, -0.05) is 45.9 Å². The van der Waals surface area contributed by atoms with Crippen LogP contribution in [0.4, 0.5) is 0 Å². The molecular weight excluding hydrogens is 196 g/mol. The van der Waals surface area contributed by atoms with Gasteiger partial charge < -0.3 is 0 Å². The first-order chi connectivity index (χ1) is 7.68. The van der Waals surface area contributed by atoms with Crippen molar-refractivity contribution in [2.45, 2.75) is 40.5 Å². The summed E-state index contributed by atoms with van der Waals surface area (Å²) in [5, 5.41) is 1.12. The van der Waals surface area contributed by atoms with E-state index in [-0.39, 0.29) is 0 Å². The lowest BCUT2D eigenvalue weighted by Crippen LogP contribution is -1.97. The molecule has 0 amide bonds. The molecule has 0 fully saturated rings. The lowest BCUT2D eigenvalue weighted by molar-refractivity contribution is 0.782. The SMILES string of the molecule is CC.Cc1cccc2cnc(C(C)C)nc12. The molecule has 1 aromatic heterocycles. The van der Waals surface area contributed by atoms with Crippen molar-refractivity contribution < 1.29 is 0 Å². The number of hydrogen-bond donors (Lipinski definition) is 0. The van der Waals surface area contributed by atoms with Crippen LogP contribution in [0.25, 0.3) is 10.9 Å². The van der Waals surface area contributed by atoms with E-state index in [0.717, 1.165) is 16.7 Å². The van der Waals surface area contributed by atoms with E-state index in [4.69, 9.17) is 0 Å². The Kier molecular flexibility index (Phi) is 4.41. The van der Waals surface area contributed by atoms with E-state index in [9.17, 15) is 0 Å². The number of hydrogen-bond acceptors (Lipinski definition) is 2. The van der Waals surface area contributed by atoms with Crippen LogP contribution in [0, 0.1) is 6.92 Å². The first kappa shape index (κ1) is 12.6. The second-order valence-electron chi connectivity index (χ2n) is 3.90. The predicted molar refractivity (Wildman–Crippen MR) is 69.7 cm³/mol. The number of benzene rings is 1. The number of fused-ring (bicyclic) bond motifs is 1. The van der Waals surface area contributed by atoms with Crippen LogP contribution in [0.15, 0.2) is 24.4 Å². The predicted octanol–water partition coefficient (Wildman–Crippen LogP) is 4.09. The lowest BCUT2D eigenvalue weighted by atomic mass is 10.1. The molecule has 0 aliphatic carbocycles. The molecule has 0 saturated heterocycles. The number of aromatic nitrogens is 2. The summed E-state index contributed by atoms with van der Waals surface area (Å²) in [4.78, 5) is 8.90. The molecule has 0 aliphatic rings. The summed E-state index contributed by atoms with van der Waals surface area (Å²) in [6.07, 6.45) is 1.91. The molecule has 0 N–H and O–H groups in total. The van der Waals surface area contributed by atoms with Crippen molar-refractivity contribution in [3.05, 3.63) is 35.8 Å². The lowest BCUT2D eigenvalue weighted by Gasteiger charge is -2.05. The molecule has 0 atom stereocenters. The van der Waals surface area contributed by atoms with E-state index in [2.05, 4.69) is 36.8 Å². The molecule has 0 radical (unpaired) electrons. The highest BCUT2D eigenvalue weighted by molar-refractivity contribution is 5.80. The summed E-state index contributed by atoms with van der Waals surface area (Å²) in [5.74, 6) is 1.31. The van der Waals surface area contributed by atoms with Crippen molar-refractivity contribution in [1.82, 2.24) is 9.97 Å². The topological polar surface area (TPSA) is 25.8 Å². The molecular formula is C14H20N2. The zero-order valence-corrected chi connectivity index (χ0v) is 10.8. The summed E-state index contributed by atoms with van der Waals surface area (Å²) in [6.45, 7) is 10.3. The van der Waals surface area contributed by atoms with Crippen LogP contribution in [0.2, 0.25) is 0 Å². The minimum absolute atomic E-state index is 0.388. The molecule has 2 rings (SSSR count). The zero-order valence-electron chi connectivity index (χ0n) is 10.8. The van der Waals surface area contributed by atoms with Gasteiger partial charge in [-0.3, -0.25) is 0 Å². The maximum atomic E-state index is 4.56. The Hall–Kier alpha value is -1.44. The molecule has 0 unspecified atom stereocenters. The van der Waals surface area contributed by atoms with Crippen molar-refractivity contribution in [2.75, 3.05) is 0 Å². The second-order valence-corrected chi connectivity index (χ2v) is 3.90. The fraction of sp³-hybridized carbons (Fsp3) is 0.429. The molecule has 2 nitrogen and oxygen atoms in total. The summed E-state index contributed by atoms with van der Waals surface area (Å²) in [6, 6.07) is 6.17. The van der Waals surface area contributed by atoms with Crippen LogP contribution >= 0.6 is 0 Å². The highest BCUT2D eigenvalue weighted by atomic mass is 14.9. The zero-order chi connectivity index (χ0) is 12.1. The van der Waals surface area contributed by atoms with Crippen molar-refractivity contribution in [3.8, 4) is 0 Å². The van der Waals surface area contributed by atoms with Crippen LogP contribution in [0.5, 0.6) is 0 Å². The van der Waals surface area contributed by atoms with E-state index in [1.807, 2.05) is 32.2 Å². The maximum Gasteiger partial charge on any atom is 0.131 e. The van der Waals surface area contributed by atoms with Gasteiger partial charge in [-0.25, -0.2) is 9.97 Å². The van der Waals surface area contributed by atoms with E-state index < -0.39 is 0 Å². The summed E-state index contributed by atoms with van der Waals surface area (Å²) >= 11 is 0. The van der Waals surface area contributed by atoms with Crippen LogP contribution in [-0.2, 0) is 0 Å². The van der Waals surface area contributed by atoms with Crippen molar-refractivity contribution >= 4 is 10.9 Å². The highest BCUT2D eigenvalue weighted by Crippen LogP contribution is 2.17. The Labute approximate surface area is 97.7 Å². The van der Waals surface area contributed by atoms with Crippen molar-refractivity contribution in [1.29, 1.82) is 0 Å². The third kappa shape index (κ3) is 2.57. The molecule has 0 saturated carbocycles. The summed E-state index contributed by atoms with van der Waals surface area (Å²) < 4.78 is 0. The summed E-state index contributed by atoms with van der Waals surface area (Å²) in [5.41, 5.74) is 2.29. The fourth-order valence-corrected chi connectivity index (χ4v) is 1.50. The van der Waals surface area contributed by atoms with Gasteiger partial charge in [-0.15, -0.1) is 0 Å². The standard InChI is InChI=1S/C12H14N2.C2H6/c1-8(2)12-13-7-10-6-4-5-9(3)11(10)14-12;1-2/h4-8H,1-3H3;1-2H3. The number of rotatable bonds is 1. The molecule has 1 aromatic carbocycles. The van der Waals surface area contributed by atoms with Gasteiger partial charge in [0.15, 0.2) is 0 Å². The normalized spacial score (nSPS) is 10.1. The van der Waals surface area contributed by atoms with Gasteiger partial charge in [0.05, 0.1) is 5.52 Å². The van der Waals surface area contributed by atoms with Crippen molar-refractivity contribution in [3.63, 3.8) is 0 Å². The Morgan fingerprint density at radius 3 is 2.44 bits per heavy atom. The van der Waals surface area contributed by atoms with Gasteiger partial charge in [0.25, 0.3) is 0 Å². The molecule has 1 heterocycles. The third-order valence-corrected chi connectivity index (χ3v) is 2.35.